The van der Waals surface area contributed by atoms with E-state index in [0.29, 0.717) is 0 Å². The zero-order valence-corrected chi connectivity index (χ0v) is 12.8. The molecule has 0 aliphatic heterocycles. The van der Waals surface area contributed by atoms with Crippen LogP contribution in [-0.2, 0) is 0 Å². The average Bonchev–Trinajstić information content (AvgIpc) is 2.37. The molecule has 0 bridgehead atoms. The third-order valence-corrected chi connectivity index (χ3v) is 3.38. The molecule has 0 saturated heterocycles. The minimum absolute atomic E-state index is 0.229. The van der Waals surface area contributed by atoms with Gasteiger partial charge >= 0.3 is 0 Å². The van der Waals surface area contributed by atoms with Gasteiger partial charge in [0.2, 0.25) is 0 Å². The Labute approximate surface area is 119 Å². The second-order valence-electron chi connectivity index (χ2n) is 5.56. The Hall–Kier alpha value is -0.160. The van der Waals surface area contributed by atoms with Gasteiger partial charge in [0.05, 0.1) is 6.10 Å². The van der Waals surface area contributed by atoms with E-state index in [9.17, 15) is 5.11 Å². The first-order valence-corrected chi connectivity index (χ1v) is 8.01. The van der Waals surface area contributed by atoms with E-state index in [0.717, 1.165) is 45.6 Å². The standard InChI is InChI=1S/C15H35N3O/c1-15(19)14-18(12-8-4-2-6-10-16)13-9-5-3-7-11-17/h15,19H,2-14,16-17H2,1H3. The molecule has 0 fully saturated rings. The first-order chi connectivity index (χ1) is 9.20. The number of hydrogen-bond acceptors (Lipinski definition) is 4. The van der Waals surface area contributed by atoms with Crippen LogP contribution in [0, 0.1) is 0 Å². The molecule has 4 nitrogen and oxygen atoms in total. The molecule has 0 aliphatic carbocycles. The van der Waals surface area contributed by atoms with Gasteiger partial charge in [0.1, 0.15) is 0 Å². The summed E-state index contributed by atoms with van der Waals surface area (Å²) in [5.74, 6) is 0. The Morgan fingerprint density at radius 1 is 0.789 bits per heavy atom. The summed E-state index contributed by atoms with van der Waals surface area (Å²) in [6.45, 7) is 6.49. The van der Waals surface area contributed by atoms with Crippen LogP contribution in [0.25, 0.3) is 0 Å². The Bertz CT molecular complexity index is 163. The lowest BCUT2D eigenvalue weighted by molar-refractivity contribution is 0.123. The van der Waals surface area contributed by atoms with Crippen LogP contribution in [-0.4, -0.2) is 48.8 Å². The summed E-state index contributed by atoms with van der Waals surface area (Å²) in [4.78, 5) is 2.40. The van der Waals surface area contributed by atoms with E-state index < -0.39 is 0 Å². The second-order valence-corrected chi connectivity index (χ2v) is 5.56. The van der Waals surface area contributed by atoms with Gasteiger partial charge in [-0.2, -0.15) is 0 Å². The smallest absolute Gasteiger partial charge is 0.0639 e. The molecule has 0 aromatic heterocycles. The predicted molar refractivity (Wildman–Crippen MR) is 83.2 cm³/mol. The molecule has 0 radical (unpaired) electrons. The summed E-state index contributed by atoms with van der Waals surface area (Å²) in [5, 5.41) is 9.53. The lowest BCUT2D eigenvalue weighted by Crippen LogP contribution is -2.32. The van der Waals surface area contributed by atoms with Gasteiger partial charge in [-0.15, -0.1) is 0 Å². The fraction of sp³-hybridized carbons (Fsp3) is 1.00. The van der Waals surface area contributed by atoms with Crippen molar-refractivity contribution in [2.45, 2.75) is 64.4 Å². The SMILES string of the molecule is CC(O)CN(CCCCCCN)CCCCCCN. The summed E-state index contributed by atoms with van der Waals surface area (Å²) in [5.41, 5.74) is 11.0. The molecular formula is C15H35N3O. The molecule has 1 unspecified atom stereocenters. The maximum absolute atomic E-state index is 9.53. The summed E-state index contributed by atoms with van der Waals surface area (Å²) in [7, 11) is 0. The molecule has 19 heavy (non-hydrogen) atoms. The summed E-state index contributed by atoms with van der Waals surface area (Å²) >= 11 is 0. The van der Waals surface area contributed by atoms with Crippen LogP contribution in [0.1, 0.15) is 58.3 Å². The van der Waals surface area contributed by atoms with Crippen molar-refractivity contribution in [3.63, 3.8) is 0 Å². The summed E-state index contributed by atoms with van der Waals surface area (Å²) < 4.78 is 0. The fourth-order valence-electron chi connectivity index (χ4n) is 2.33. The average molecular weight is 273 g/mol. The van der Waals surface area contributed by atoms with Crippen molar-refractivity contribution < 1.29 is 5.11 Å². The van der Waals surface area contributed by atoms with Gasteiger partial charge < -0.3 is 21.5 Å². The monoisotopic (exact) mass is 273 g/mol. The zero-order chi connectivity index (χ0) is 14.3. The molecule has 0 rings (SSSR count). The highest BCUT2D eigenvalue weighted by atomic mass is 16.3. The predicted octanol–water partition coefficient (Wildman–Crippen LogP) is 1.71. The van der Waals surface area contributed by atoms with E-state index in [-0.39, 0.29) is 6.10 Å². The topological polar surface area (TPSA) is 75.5 Å². The number of aliphatic hydroxyl groups is 1. The molecule has 116 valence electrons. The number of unbranched alkanes of at least 4 members (excludes halogenated alkanes) is 6. The molecule has 0 amide bonds. The molecule has 0 heterocycles. The van der Waals surface area contributed by atoms with E-state index in [1.807, 2.05) is 6.92 Å². The van der Waals surface area contributed by atoms with Gasteiger partial charge in [-0.1, -0.05) is 25.7 Å². The Morgan fingerprint density at radius 2 is 1.21 bits per heavy atom. The Kier molecular flexibility index (Phi) is 14.1. The molecule has 4 heteroatoms. The van der Waals surface area contributed by atoms with Crippen molar-refractivity contribution in [2.75, 3.05) is 32.7 Å². The van der Waals surface area contributed by atoms with E-state index in [1.54, 1.807) is 0 Å². The maximum atomic E-state index is 9.53. The number of hydrogen-bond donors (Lipinski definition) is 3. The summed E-state index contributed by atoms with van der Waals surface area (Å²) in [6, 6.07) is 0. The van der Waals surface area contributed by atoms with Crippen LogP contribution in [0.5, 0.6) is 0 Å². The number of aliphatic hydroxyl groups excluding tert-OH is 1. The van der Waals surface area contributed by atoms with E-state index in [4.69, 9.17) is 11.5 Å². The van der Waals surface area contributed by atoms with Gasteiger partial charge in [0, 0.05) is 6.54 Å². The molecule has 0 aliphatic rings. The zero-order valence-electron chi connectivity index (χ0n) is 12.8. The highest BCUT2D eigenvalue weighted by Crippen LogP contribution is 2.06. The van der Waals surface area contributed by atoms with Gasteiger partial charge in [0.15, 0.2) is 0 Å². The van der Waals surface area contributed by atoms with Gasteiger partial charge in [-0.25, -0.2) is 0 Å². The third-order valence-electron chi connectivity index (χ3n) is 3.38. The van der Waals surface area contributed by atoms with Gasteiger partial charge in [0.25, 0.3) is 0 Å². The molecule has 5 N–H and O–H groups in total. The molecule has 0 saturated carbocycles. The van der Waals surface area contributed by atoms with Crippen LogP contribution in [0.15, 0.2) is 0 Å². The first-order valence-electron chi connectivity index (χ1n) is 8.01. The highest BCUT2D eigenvalue weighted by Gasteiger charge is 2.07. The van der Waals surface area contributed by atoms with E-state index in [2.05, 4.69) is 4.90 Å². The lowest BCUT2D eigenvalue weighted by atomic mass is 10.1. The fourth-order valence-corrected chi connectivity index (χ4v) is 2.33. The van der Waals surface area contributed by atoms with Crippen LogP contribution in [0.4, 0.5) is 0 Å². The number of rotatable bonds is 14. The molecule has 1 atom stereocenters. The molecule has 0 spiro atoms. The Balaban J connectivity index is 3.63. The molecular weight excluding hydrogens is 238 g/mol. The molecule has 0 aromatic carbocycles. The Morgan fingerprint density at radius 3 is 1.58 bits per heavy atom. The van der Waals surface area contributed by atoms with E-state index in [1.165, 1.54) is 38.5 Å². The van der Waals surface area contributed by atoms with Crippen LogP contribution < -0.4 is 11.5 Å². The van der Waals surface area contributed by atoms with Crippen molar-refractivity contribution >= 4 is 0 Å². The van der Waals surface area contributed by atoms with Gasteiger partial charge in [-0.05, 0) is 58.8 Å². The van der Waals surface area contributed by atoms with Crippen molar-refractivity contribution in [1.29, 1.82) is 0 Å². The maximum Gasteiger partial charge on any atom is 0.0639 e. The van der Waals surface area contributed by atoms with Crippen molar-refractivity contribution in [3.05, 3.63) is 0 Å². The van der Waals surface area contributed by atoms with Crippen LogP contribution >= 0.6 is 0 Å². The highest BCUT2D eigenvalue weighted by molar-refractivity contribution is 4.62. The largest absolute Gasteiger partial charge is 0.392 e. The summed E-state index contributed by atoms with van der Waals surface area (Å²) in [6.07, 6.45) is 9.44. The lowest BCUT2D eigenvalue weighted by Gasteiger charge is -2.23. The van der Waals surface area contributed by atoms with Crippen molar-refractivity contribution in [2.24, 2.45) is 11.5 Å². The number of nitrogens with two attached hydrogens (primary N) is 2. The third kappa shape index (κ3) is 14.1. The van der Waals surface area contributed by atoms with Gasteiger partial charge in [-0.3, -0.25) is 0 Å². The quantitative estimate of drug-likeness (QED) is 0.421. The van der Waals surface area contributed by atoms with Crippen LogP contribution in [0.2, 0.25) is 0 Å². The minimum atomic E-state index is -0.229. The molecule has 0 aromatic rings. The van der Waals surface area contributed by atoms with Crippen molar-refractivity contribution in [3.8, 4) is 0 Å². The van der Waals surface area contributed by atoms with Crippen molar-refractivity contribution in [1.82, 2.24) is 4.90 Å². The second kappa shape index (κ2) is 14.3. The normalized spacial score (nSPS) is 13.1. The first kappa shape index (κ1) is 18.8. The van der Waals surface area contributed by atoms with E-state index >= 15 is 0 Å². The minimum Gasteiger partial charge on any atom is -0.392 e. The number of nitrogens with zero attached hydrogens (tertiary/aromatic N) is 1. The van der Waals surface area contributed by atoms with Crippen LogP contribution in [0.3, 0.4) is 0 Å².